The zero-order valence-electron chi connectivity index (χ0n) is 18.2. The Morgan fingerprint density at radius 3 is 2.44 bits per heavy atom. The summed E-state index contributed by atoms with van der Waals surface area (Å²) in [6.07, 6.45) is -0.744. The zero-order chi connectivity index (χ0) is 23.4. The van der Waals surface area contributed by atoms with E-state index in [0.29, 0.717) is 10.9 Å². The van der Waals surface area contributed by atoms with Gasteiger partial charge in [0, 0.05) is 17.0 Å². The van der Waals surface area contributed by atoms with Gasteiger partial charge in [-0.15, -0.1) is 0 Å². The zero-order valence-corrected chi connectivity index (χ0v) is 19.0. The van der Waals surface area contributed by atoms with Crippen molar-refractivity contribution in [3.05, 3.63) is 74.6 Å². The van der Waals surface area contributed by atoms with Gasteiger partial charge in [-0.1, -0.05) is 55.8 Å². The molecule has 0 aliphatic rings. The van der Waals surface area contributed by atoms with Crippen LogP contribution in [0.25, 0.3) is 11.0 Å². The number of aryl methyl sites for hydroxylation is 1. The van der Waals surface area contributed by atoms with Gasteiger partial charge >= 0.3 is 17.7 Å². The Hall–Kier alpha value is -3.32. The van der Waals surface area contributed by atoms with Crippen molar-refractivity contribution >= 4 is 34.6 Å². The van der Waals surface area contributed by atoms with E-state index in [2.05, 4.69) is 5.32 Å². The summed E-state index contributed by atoms with van der Waals surface area (Å²) in [5.41, 5.74) is 1.82. The van der Waals surface area contributed by atoms with Crippen molar-refractivity contribution in [2.24, 2.45) is 5.92 Å². The molecular weight excluding hydrogens is 434 g/mol. The van der Waals surface area contributed by atoms with Crippen LogP contribution in [0.1, 0.15) is 30.5 Å². The van der Waals surface area contributed by atoms with E-state index >= 15 is 0 Å². The number of carbonyl (C=O) groups excluding carboxylic acids is 2. The molecule has 3 aromatic rings. The van der Waals surface area contributed by atoms with Gasteiger partial charge in [-0.05, 0) is 37.0 Å². The quantitative estimate of drug-likeness (QED) is 0.320. The fourth-order valence-corrected chi connectivity index (χ4v) is 3.29. The summed E-state index contributed by atoms with van der Waals surface area (Å²) >= 11 is 6.31. The molecule has 0 radical (unpaired) electrons. The SMILES string of the molecule is Cc1c(C)c2cc(Cl)c(OC(=O)C(NC(=O)OCc3ccccc3)C(C)C)cc2oc1=O. The van der Waals surface area contributed by atoms with Crippen LogP contribution in [0.5, 0.6) is 5.75 Å². The standard InChI is InChI=1S/C24H24ClNO6/c1-13(2)21(26-24(29)30-12-16-8-6-5-7-9-16)23(28)32-20-11-19-17(10-18(20)25)14(3)15(4)22(27)31-19/h5-11,13,21H,12H2,1-4H3,(H,26,29). The fourth-order valence-electron chi connectivity index (χ4n) is 3.08. The number of hydrogen-bond acceptors (Lipinski definition) is 6. The fraction of sp³-hybridized carbons (Fsp3) is 0.292. The van der Waals surface area contributed by atoms with E-state index in [1.807, 2.05) is 30.3 Å². The molecule has 2 aromatic carbocycles. The van der Waals surface area contributed by atoms with Gasteiger partial charge in [0.1, 0.15) is 18.2 Å². The summed E-state index contributed by atoms with van der Waals surface area (Å²) in [5.74, 6) is -0.974. The second kappa shape index (κ2) is 9.87. The maximum atomic E-state index is 12.8. The molecule has 3 rings (SSSR count). The van der Waals surface area contributed by atoms with Gasteiger partial charge in [0.05, 0.1) is 5.02 Å². The maximum absolute atomic E-state index is 12.8. The number of hydrogen-bond donors (Lipinski definition) is 1. The predicted molar refractivity (Wildman–Crippen MR) is 121 cm³/mol. The van der Waals surface area contributed by atoms with Crippen molar-refractivity contribution in [1.29, 1.82) is 0 Å². The number of amides is 1. The first-order valence-corrected chi connectivity index (χ1v) is 10.5. The van der Waals surface area contributed by atoms with Crippen LogP contribution in [0.2, 0.25) is 5.02 Å². The second-order valence-electron chi connectivity index (χ2n) is 7.77. The maximum Gasteiger partial charge on any atom is 0.408 e. The minimum Gasteiger partial charge on any atom is -0.445 e. The number of nitrogens with one attached hydrogen (secondary N) is 1. The van der Waals surface area contributed by atoms with E-state index < -0.39 is 23.7 Å². The Balaban J connectivity index is 1.75. The first-order valence-electron chi connectivity index (χ1n) is 10.1. The number of alkyl carbamates (subject to hydrolysis) is 1. The number of halogens is 1. The largest absolute Gasteiger partial charge is 0.445 e. The van der Waals surface area contributed by atoms with Gasteiger partial charge in [-0.25, -0.2) is 14.4 Å². The molecule has 7 nitrogen and oxygen atoms in total. The summed E-state index contributed by atoms with van der Waals surface area (Å²) < 4.78 is 15.9. The van der Waals surface area contributed by atoms with Crippen molar-refractivity contribution in [3.63, 3.8) is 0 Å². The number of rotatable bonds is 6. The van der Waals surface area contributed by atoms with E-state index in [1.54, 1.807) is 33.8 Å². The summed E-state index contributed by atoms with van der Waals surface area (Å²) in [5, 5.41) is 3.36. The number of fused-ring (bicyclic) bond motifs is 1. The molecule has 1 unspecified atom stereocenters. The van der Waals surface area contributed by atoms with Gasteiger partial charge in [0.2, 0.25) is 0 Å². The molecule has 8 heteroatoms. The smallest absolute Gasteiger partial charge is 0.408 e. The molecule has 0 fully saturated rings. The summed E-state index contributed by atoms with van der Waals surface area (Å²) in [7, 11) is 0. The summed E-state index contributed by atoms with van der Waals surface area (Å²) in [6.45, 7) is 7.04. The lowest BCUT2D eigenvalue weighted by Crippen LogP contribution is -2.46. The van der Waals surface area contributed by atoms with Crippen molar-refractivity contribution in [3.8, 4) is 5.75 Å². The van der Waals surface area contributed by atoms with Crippen LogP contribution in [-0.2, 0) is 16.1 Å². The van der Waals surface area contributed by atoms with Gasteiger partial charge in [0.15, 0.2) is 5.75 Å². The summed E-state index contributed by atoms with van der Waals surface area (Å²) in [6, 6.07) is 11.2. The minimum absolute atomic E-state index is 0.0284. The Bertz CT molecular complexity index is 1200. The van der Waals surface area contributed by atoms with Crippen LogP contribution in [-0.4, -0.2) is 18.1 Å². The third kappa shape index (κ3) is 5.29. The molecule has 168 valence electrons. The molecule has 0 saturated carbocycles. The van der Waals surface area contributed by atoms with E-state index in [1.165, 1.54) is 6.07 Å². The first kappa shape index (κ1) is 23.3. The molecule has 0 aliphatic heterocycles. The molecule has 0 aliphatic carbocycles. The van der Waals surface area contributed by atoms with Gasteiger partial charge < -0.3 is 19.2 Å². The highest BCUT2D eigenvalue weighted by Crippen LogP contribution is 2.32. The van der Waals surface area contributed by atoms with Crippen LogP contribution < -0.4 is 15.7 Å². The van der Waals surface area contributed by atoms with Crippen molar-refractivity contribution < 1.29 is 23.5 Å². The molecule has 0 spiro atoms. The lowest BCUT2D eigenvalue weighted by molar-refractivity contribution is -0.137. The molecule has 32 heavy (non-hydrogen) atoms. The van der Waals surface area contributed by atoms with E-state index in [0.717, 1.165) is 11.1 Å². The van der Waals surface area contributed by atoms with Crippen LogP contribution in [0.3, 0.4) is 0 Å². The number of carbonyl (C=O) groups is 2. The van der Waals surface area contributed by atoms with Crippen molar-refractivity contribution in [2.45, 2.75) is 40.3 Å². The molecule has 1 N–H and O–H groups in total. The van der Waals surface area contributed by atoms with Gasteiger partial charge in [0.25, 0.3) is 0 Å². The molecule has 0 bridgehead atoms. The van der Waals surface area contributed by atoms with Crippen LogP contribution in [0.4, 0.5) is 4.79 Å². The topological polar surface area (TPSA) is 94.8 Å². The highest BCUT2D eigenvalue weighted by Gasteiger charge is 2.28. The highest BCUT2D eigenvalue weighted by molar-refractivity contribution is 6.33. The molecule has 0 saturated heterocycles. The molecule has 1 aromatic heterocycles. The average Bonchev–Trinajstić information content (AvgIpc) is 2.76. The van der Waals surface area contributed by atoms with E-state index in [9.17, 15) is 14.4 Å². The van der Waals surface area contributed by atoms with E-state index in [-0.39, 0.29) is 28.9 Å². The molecule has 1 atom stereocenters. The van der Waals surface area contributed by atoms with Gasteiger partial charge in [-0.2, -0.15) is 0 Å². The highest BCUT2D eigenvalue weighted by atomic mass is 35.5. The van der Waals surface area contributed by atoms with Crippen LogP contribution >= 0.6 is 11.6 Å². The molecular formula is C24H24ClNO6. The third-order valence-corrected chi connectivity index (χ3v) is 5.42. The Morgan fingerprint density at radius 1 is 1.09 bits per heavy atom. The van der Waals surface area contributed by atoms with Gasteiger partial charge in [-0.3, -0.25) is 0 Å². The minimum atomic E-state index is -0.975. The Morgan fingerprint density at radius 2 is 1.78 bits per heavy atom. The first-order chi connectivity index (χ1) is 15.2. The second-order valence-corrected chi connectivity index (χ2v) is 8.17. The lowest BCUT2D eigenvalue weighted by atomic mass is 10.0. The molecule has 1 heterocycles. The Kier molecular flexibility index (Phi) is 7.20. The third-order valence-electron chi connectivity index (χ3n) is 5.13. The normalized spacial score (nSPS) is 11.9. The lowest BCUT2D eigenvalue weighted by Gasteiger charge is -2.21. The summed E-state index contributed by atoms with van der Waals surface area (Å²) in [4.78, 5) is 37.0. The monoisotopic (exact) mass is 457 g/mol. The predicted octanol–water partition coefficient (Wildman–Crippen LogP) is 4.92. The number of esters is 1. The van der Waals surface area contributed by atoms with Crippen molar-refractivity contribution in [1.82, 2.24) is 5.32 Å². The van der Waals surface area contributed by atoms with E-state index in [4.69, 9.17) is 25.5 Å². The average molecular weight is 458 g/mol. The van der Waals surface area contributed by atoms with Crippen molar-refractivity contribution in [2.75, 3.05) is 0 Å². The van der Waals surface area contributed by atoms with Crippen LogP contribution in [0.15, 0.2) is 51.7 Å². The number of benzene rings is 2. The van der Waals surface area contributed by atoms with Crippen LogP contribution in [0, 0.1) is 19.8 Å². The Labute approximate surface area is 190 Å². The number of ether oxygens (including phenoxy) is 2. The molecule has 1 amide bonds.